The molecule has 0 heterocycles. The number of fused-ring (bicyclic) bond motifs is 1. The molecule has 176 valence electrons. The molecule has 0 bridgehead atoms. The predicted octanol–water partition coefficient (Wildman–Crippen LogP) is 9.73. The molecule has 1 aliphatic carbocycles. The zero-order chi connectivity index (χ0) is 24.8. The summed E-state index contributed by atoms with van der Waals surface area (Å²) in [6, 6.07) is 24.8. The van der Waals surface area contributed by atoms with Crippen LogP contribution in [0.25, 0.3) is 16.9 Å². The van der Waals surface area contributed by atoms with E-state index in [2.05, 4.69) is 93.9 Å². The fraction of sp³-hybridized carbons (Fsp3) is 0.241. The molecule has 1 unspecified atom stereocenters. The lowest BCUT2D eigenvalue weighted by Crippen LogP contribution is -2.31. The first-order chi connectivity index (χ1) is 15.9. The topological polar surface area (TPSA) is 20.2 Å². The molecule has 0 radical (unpaired) electrons. The molecule has 3 aromatic rings. The van der Waals surface area contributed by atoms with E-state index >= 15 is 0 Å². The van der Waals surface area contributed by atoms with Crippen molar-refractivity contribution >= 4 is 56.3 Å². The van der Waals surface area contributed by atoms with Gasteiger partial charge in [-0.3, -0.25) is 0 Å². The molecular weight excluding hydrogens is 491 g/mol. The van der Waals surface area contributed by atoms with Gasteiger partial charge in [-0.05, 0) is 45.2 Å². The second kappa shape index (κ2) is 9.20. The van der Waals surface area contributed by atoms with Gasteiger partial charge in [-0.25, -0.2) is 0 Å². The molecule has 4 rings (SSSR count). The van der Waals surface area contributed by atoms with E-state index in [1.165, 1.54) is 27.8 Å². The van der Waals surface area contributed by atoms with E-state index in [1.54, 1.807) is 12.1 Å². The Hall–Kier alpha value is -2.05. The largest absolute Gasteiger partial charge is 0.507 e. The predicted molar refractivity (Wildman–Crippen MR) is 155 cm³/mol. The lowest BCUT2D eigenvalue weighted by atomic mass is 9.98. The lowest BCUT2D eigenvalue weighted by Gasteiger charge is -2.31. The minimum absolute atomic E-state index is 0.212. The summed E-state index contributed by atoms with van der Waals surface area (Å²) in [5.74, 6) is 0.212. The summed E-state index contributed by atoms with van der Waals surface area (Å²) in [7, 11) is -3.81. The van der Waals surface area contributed by atoms with Crippen molar-refractivity contribution in [1.82, 2.24) is 0 Å². The molecule has 1 atom stereocenters. The Balaban J connectivity index is 2.20. The summed E-state index contributed by atoms with van der Waals surface area (Å²) in [5, 5.41) is 13.9. The Labute approximate surface area is 215 Å². The van der Waals surface area contributed by atoms with Gasteiger partial charge in [0.1, 0.15) is 5.76 Å². The summed E-state index contributed by atoms with van der Waals surface area (Å²) >= 11 is 13.2. The molecule has 0 fully saturated rings. The second-order valence-electron chi connectivity index (χ2n) is 11.1. The number of hydrogen-bond acceptors (Lipinski definition) is 1. The first-order valence-electron chi connectivity index (χ1n) is 11.7. The van der Waals surface area contributed by atoms with Crippen LogP contribution in [0.5, 0.6) is 0 Å². The number of halogens is 2. The first-order valence-corrected chi connectivity index (χ1v) is 19.5. The van der Waals surface area contributed by atoms with Crippen molar-refractivity contribution in [3.63, 3.8) is 0 Å². The molecule has 0 aromatic heterocycles. The molecule has 3 aromatic carbocycles. The highest BCUT2D eigenvalue weighted by Crippen LogP contribution is 2.55. The fourth-order valence-corrected chi connectivity index (χ4v) is 10.0. The highest BCUT2D eigenvalue weighted by atomic mass is 35.5. The van der Waals surface area contributed by atoms with Crippen LogP contribution in [0, 0.1) is 0 Å². The van der Waals surface area contributed by atoms with Gasteiger partial charge in [0.15, 0.2) is 0 Å². The molecule has 0 spiro atoms. The van der Waals surface area contributed by atoms with Crippen molar-refractivity contribution < 1.29 is 5.11 Å². The fourth-order valence-electron chi connectivity index (χ4n) is 5.22. The van der Waals surface area contributed by atoms with E-state index in [0.29, 0.717) is 21.1 Å². The molecule has 34 heavy (non-hydrogen) atoms. The van der Waals surface area contributed by atoms with Crippen LogP contribution >= 0.6 is 23.2 Å². The maximum Gasteiger partial charge on any atom is 0.125 e. The maximum absolute atomic E-state index is 11.9. The van der Waals surface area contributed by atoms with Gasteiger partial charge in [-0.2, -0.15) is 0 Å². The Bertz CT molecular complexity index is 1280. The van der Waals surface area contributed by atoms with Crippen LogP contribution < -0.4 is 0 Å². The van der Waals surface area contributed by atoms with E-state index in [-0.39, 0.29) is 5.76 Å². The van der Waals surface area contributed by atoms with Crippen LogP contribution in [-0.2, 0) is 0 Å². The summed E-state index contributed by atoms with van der Waals surface area (Å²) in [6.45, 7) is 14.1. The minimum Gasteiger partial charge on any atom is -0.507 e. The van der Waals surface area contributed by atoms with Gasteiger partial charge in [0.05, 0.1) is 31.8 Å². The zero-order valence-electron chi connectivity index (χ0n) is 20.7. The second-order valence-corrected chi connectivity index (χ2v) is 22.2. The van der Waals surface area contributed by atoms with Gasteiger partial charge in [0, 0.05) is 5.54 Å². The van der Waals surface area contributed by atoms with Gasteiger partial charge in [-0.1, -0.05) is 123 Å². The molecule has 0 saturated carbocycles. The minimum atomic E-state index is -2.11. The maximum atomic E-state index is 11.9. The lowest BCUT2D eigenvalue weighted by molar-refractivity contribution is 0.510. The summed E-state index contributed by atoms with van der Waals surface area (Å²) in [6.07, 6.45) is 0. The van der Waals surface area contributed by atoms with E-state index in [1.807, 2.05) is 6.07 Å². The molecule has 1 aliphatic rings. The molecule has 0 amide bonds. The molecule has 5 heteroatoms. The van der Waals surface area contributed by atoms with Crippen molar-refractivity contribution in [2.24, 2.45) is 0 Å². The van der Waals surface area contributed by atoms with E-state index < -0.39 is 16.1 Å². The van der Waals surface area contributed by atoms with Gasteiger partial charge >= 0.3 is 0 Å². The number of hydrogen-bond donors (Lipinski definition) is 1. The smallest absolute Gasteiger partial charge is 0.125 e. The van der Waals surface area contributed by atoms with Crippen molar-refractivity contribution in [3.05, 3.63) is 110 Å². The zero-order valence-corrected chi connectivity index (χ0v) is 24.2. The monoisotopic (exact) mass is 522 g/mol. The van der Waals surface area contributed by atoms with Crippen LogP contribution in [0.3, 0.4) is 0 Å². The normalized spacial score (nSPS) is 17.0. The average Bonchev–Trinajstić information content (AvgIpc) is 3.09. The molecule has 0 saturated heterocycles. The van der Waals surface area contributed by atoms with Crippen LogP contribution in [0.1, 0.15) is 27.8 Å². The number of allylic oxidation sites excluding steroid dienone is 3. The van der Waals surface area contributed by atoms with Crippen LogP contribution in [0.15, 0.2) is 78.0 Å². The molecule has 1 nitrogen and oxygen atoms in total. The molecule has 0 aliphatic heterocycles. The third kappa shape index (κ3) is 4.47. The summed E-state index contributed by atoms with van der Waals surface area (Å²) < 4.78 is 0. The van der Waals surface area contributed by atoms with Gasteiger partial charge < -0.3 is 5.11 Å². The summed E-state index contributed by atoms with van der Waals surface area (Å²) in [5.41, 5.74) is 7.15. The van der Waals surface area contributed by atoms with E-state index in [0.717, 1.165) is 5.20 Å². The Morgan fingerprint density at radius 2 is 1.29 bits per heavy atom. The van der Waals surface area contributed by atoms with E-state index in [4.69, 9.17) is 23.2 Å². The number of benzene rings is 3. The third-order valence-corrected chi connectivity index (χ3v) is 11.4. The molecule has 1 N–H and O–H groups in total. The van der Waals surface area contributed by atoms with Gasteiger partial charge in [-0.15, -0.1) is 0 Å². The van der Waals surface area contributed by atoms with Crippen LogP contribution in [-0.4, -0.2) is 21.3 Å². The highest BCUT2D eigenvalue weighted by molar-refractivity contribution is 6.87. The van der Waals surface area contributed by atoms with Crippen molar-refractivity contribution in [3.8, 4) is 0 Å². The van der Waals surface area contributed by atoms with Crippen LogP contribution in [0.4, 0.5) is 0 Å². The van der Waals surface area contributed by atoms with Crippen molar-refractivity contribution in [1.29, 1.82) is 0 Å². The number of aliphatic hydroxyl groups is 1. The SMILES string of the molecule is C[Si](C)(C)/C(C1=C(c2ccccc2)C([Si](C)(C)C)c2ccccc21)=C(/O)c1c(Cl)cccc1Cl. The summed E-state index contributed by atoms with van der Waals surface area (Å²) in [4.78, 5) is 0. The average molecular weight is 524 g/mol. The number of aliphatic hydroxyl groups excluding tert-OH is 1. The number of rotatable bonds is 5. The van der Waals surface area contributed by atoms with E-state index in [9.17, 15) is 5.11 Å². The Kier molecular flexibility index (Phi) is 6.78. The quantitative estimate of drug-likeness (QED) is 0.261. The van der Waals surface area contributed by atoms with Crippen LogP contribution in [0.2, 0.25) is 49.3 Å². The standard InChI is InChI=1S/C29H32Cl2OSi2/c1-33(2,3)28-21-16-11-10-15-20(21)25(24(28)19-13-8-7-9-14-19)29(34(4,5)6)27(32)26-22(30)17-12-18-23(26)31/h7-18,28,32H,1-6H3/b29-27+. The Morgan fingerprint density at radius 3 is 1.85 bits per heavy atom. The first kappa shape index (κ1) is 25.1. The Morgan fingerprint density at radius 1 is 0.735 bits per heavy atom. The van der Waals surface area contributed by atoms with Crippen molar-refractivity contribution in [2.75, 3.05) is 0 Å². The van der Waals surface area contributed by atoms with Gasteiger partial charge in [0.25, 0.3) is 0 Å². The van der Waals surface area contributed by atoms with Crippen molar-refractivity contribution in [2.45, 2.75) is 44.8 Å². The van der Waals surface area contributed by atoms with Gasteiger partial charge in [0.2, 0.25) is 0 Å². The highest BCUT2D eigenvalue weighted by Gasteiger charge is 2.43. The third-order valence-electron chi connectivity index (χ3n) is 6.49. The molecular formula is C29H32Cl2OSi2.